The van der Waals surface area contributed by atoms with Gasteiger partial charge in [0.25, 0.3) is 0 Å². The Kier molecular flexibility index (Phi) is 3.43. The molecule has 0 aliphatic heterocycles. The Balaban J connectivity index is 2.05. The Hall–Kier alpha value is -2.56. The molecule has 5 heteroatoms. The van der Waals surface area contributed by atoms with Crippen molar-refractivity contribution in [3.8, 4) is 5.75 Å². The van der Waals surface area contributed by atoms with E-state index >= 15 is 0 Å². The minimum absolute atomic E-state index is 0.186. The Morgan fingerprint density at radius 1 is 1.28 bits per heavy atom. The molecule has 2 rings (SSSR count). The van der Waals surface area contributed by atoms with Crippen molar-refractivity contribution >= 4 is 11.6 Å². The van der Waals surface area contributed by atoms with Crippen molar-refractivity contribution in [2.75, 3.05) is 0 Å². The highest BCUT2D eigenvalue weighted by molar-refractivity contribution is 6.00. The van der Waals surface area contributed by atoms with Gasteiger partial charge in [-0.1, -0.05) is 0 Å². The maximum atomic E-state index is 11.5. The molecule has 0 radical (unpaired) electrons. The molecule has 1 heterocycles. The van der Waals surface area contributed by atoms with Crippen molar-refractivity contribution in [1.29, 1.82) is 0 Å². The van der Waals surface area contributed by atoms with Crippen molar-refractivity contribution in [2.24, 2.45) is 5.10 Å². The SMILES string of the molecule is C/C(=N/NC(=O)c1ccco1)c1ccc(O)cc1. The van der Waals surface area contributed by atoms with Crippen LogP contribution in [0, 0.1) is 0 Å². The summed E-state index contributed by atoms with van der Waals surface area (Å²) in [5, 5.41) is 13.1. The van der Waals surface area contributed by atoms with Crippen LogP contribution < -0.4 is 5.43 Å². The van der Waals surface area contributed by atoms with E-state index in [1.165, 1.54) is 6.26 Å². The van der Waals surface area contributed by atoms with Crippen LogP contribution in [0.5, 0.6) is 5.75 Å². The highest BCUT2D eigenvalue weighted by Gasteiger charge is 2.07. The molecular formula is C13H12N2O3. The number of rotatable bonds is 3. The first kappa shape index (κ1) is 11.9. The molecule has 0 saturated heterocycles. The Bertz CT molecular complexity index is 556. The largest absolute Gasteiger partial charge is 0.508 e. The van der Waals surface area contributed by atoms with Crippen LogP contribution in [0.4, 0.5) is 0 Å². The Morgan fingerprint density at radius 3 is 2.61 bits per heavy atom. The molecule has 0 spiro atoms. The lowest BCUT2D eigenvalue weighted by Crippen LogP contribution is -2.18. The third kappa shape index (κ3) is 2.76. The van der Waals surface area contributed by atoms with Gasteiger partial charge in [-0.2, -0.15) is 5.10 Å². The fraction of sp³-hybridized carbons (Fsp3) is 0.0769. The van der Waals surface area contributed by atoms with Crippen molar-refractivity contribution in [3.05, 3.63) is 54.0 Å². The van der Waals surface area contributed by atoms with E-state index in [1.54, 1.807) is 43.3 Å². The number of hydrazone groups is 1. The number of nitrogens with one attached hydrogen (secondary N) is 1. The van der Waals surface area contributed by atoms with Crippen molar-refractivity contribution in [2.45, 2.75) is 6.92 Å². The monoisotopic (exact) mass is 244 g/mol. The average molecular weight is 244 g/mol. The molecule has 0 aliphatic carbocycles. The average Bonchev–Trinajstić information content (AvgIpc) is 2.90. The van der Waals surface area contributed by atoms with E-state index in [-0.39, 0.29) is 11.5 Å². The smallest absolute Gasteiger partial charge is 0.307 e. The molecule has 18 heavy (non-hydrogen) atoms. The summed E-state index contributed by atoms with van der Waals surface area (Å²) in [7, 11) is 0. The molecule has 5 nitrogen and oxygen atoms in total. The minimum atomic E-state index is -0.405. The molecular weight excluding hydrogens is 232 g/mol. The molecule has 2 aromatic rings. The van der Waals surface area contributed by atoms with E-state index in [1.807, 2.05) is 0 Å². The number of amides is 1. The summed E-state index contributed by atoms with van der Waals surface area (Å²) in [5.41, 5.74) is 3.84. The van der Waals surface area contributed by atoms with Crippen LogP contribution >= 0.6 is 0 Å². The molecule has 1 aromatic carbocycles. The first-order valence-electron chi connectivity index (χ1n) is 5.34. The van der Waals surface area contributed by atoms with Gasteiger partial charge in [-0.25, -0.2) is 5.43 Å². The molecule has 0 bridgehead atoms. The maximum absolute atomic E-state index is 11.5. The van der Waals surface area contributed by atoms with Gasteiger partial charge in [-0.15, -0.1) is 0 Å². The number of carbonyl (C=O) groups is 1. The normalized spacial score (nSPS) is 11.3. The van der Waals surface area contributed by atoms with E-state index < -0.39 is 5.91 Å². The maximum Gasteiger partial charge on any atom is 0.307 e. The van der Waals surface area contributed by atoms with Gasteiger partial charge < -0.3 is 9.52 Å². The second-order valence-corrected chi connectivity index (χ2v) is 3.66. The van der Waals surface area contributed by atoms with Crippen molar-refractivity contribution in [1.82, 2.24) is 5.43 Å². The Labute approximate surface area is 104 Å². The van der Waals surface area contributed by atoms with E-state index in [0.29, 0.717) is 5.71 Å². The zero-order chi connectivity index (χ0) is 13.0. The first-order chi connectivity index (χ1) is 8.66. The van der Waals surface area contributed by atoms with Gasteiger partial charge in [0.15, 0.2) is 5.76 Å². The fourth-order valence-electron chi connectivity index (χ4n) is 1.36. The van der Waals surface area contributed by atoms with Crippen molar-refractivity contribution < 1.29 is 14.3 Å². The second kappa shape index (κ2) is 5.18. The number of phenolic OH excluding ortho intramolecular Hbond substituents is 1. The number of hydrogen-bond donors (Lipinski definition) is 2. The lowest BCUT2D eigenvalue weighted by molar-refractivity contribution is 0.0927. The predicted molar refractivity (Wildman–Crippen MR) is 66.5 cm³/mol. The minimum Gasteiger partial charge on any atom is -0.508 e. The number of furan rings is 1. The number of phenols is 1. The van der Waals surface area contributed by atoms with Gasteiger partial charge in [0, 0.05) is 0 Å². The van der Waals surface area contributed by atoms with Crippen LogP contribution in [-0.4, -0.2) is 16.7 Å². The van der Waals surface area contributed by atoms with Gasteiger partial charge in [-0.05, 0) is 48.9 Å². The molecule has 0 unspecified atom stereocenters. The van der Waals surface area contributed by atoms with Gasteiger partial charge in [0.2, 0.25) is 0 Å². The van der Waals surface area contributed by atoms with Crippen LogP contribution in [0.1, 0.15) is 23.0 Å². The zero-order valence-electron chi connectivity index (χ0n) is 9.75. The van der Waals surface area contributed by atoms with Crippen LogP contribution in [-0.2, 0) is 0 Å². The molecule has 1 aromatic heterocycles. The number of hydrogen-bond acceptors (Lipinski definition) is 4. The highest BCUT2D eigenvalue weighted by Crippen LogP contribution is 2.10. The van der Waals surface area contributed by atoms with Crippen LogP contribution in [0.2, 0.25) is 0 Å². The van der Waals surface area contributed by atoms with E-state index in [2.05, 4.69) is 10.5 Å². The lowest BCUT2D eigenvalue weighted by atomic mass is 10.1. The Morgan fingerprint density at radius 2 is 2.00 bits per heavy atom. The summed E-state index contributed by atoms with van der Waals surface area (Å²) in [4.78, 5) is 11.5. The number of carbonyl (C=O) groups excluding carboxylic acids is 1. The summed E-state index contributed by atoms with van der Waals surface area (Å²) in [6, 6.07) is 9.73. The molecule has 2 N–H and O–H groups in total. The van der Waals surface area contributed by atoms with Crippen LogP contribution in [0.25, 0.3) is 0 Å². The predicted octanol–water partition coefficient (Wildman–Crippen LogP) is 2.14. The van der Waals surface area contributed by atoms with E-state index in [4.69, 9.17) is 9.52 Å². The quantitative estimate of drug-likeness (QED) is 0.641. The summed E-state index contributed by atoms with van der Waals surface area (Å²) >= 11 is 0. The number of nitrogens with zero attached hydrogens (tertiary/aromatic N) is 1. The van der Waals surface area contributed by atoms with E-state index in [9.17, 15) is 4.79 Å². The molecule has 0 aliphatic rings. The fourth-order valence-corrected chi connectivity index (χ4v) is 1.36. The van der Waals surface area contributed by atoms with Gasteiger partial charge in [0.1, 0.15) is 5.75 Å². The van der Waals surface area contributed by atoms with Crippen molar-refractivity contribution in [3.63, 3.8) is 0 Å². The second-order valence-electron chi connectivity index (χ2n) is 3.66. The molecule has 92 valence electrons. The summed E-state index contributed by atoms with van der Waals surface area (Å²) in [5.74, 6) is -0.0124. The van der Waals surface area contributed by atoms with Gasteiger partial charge in [-0.3, -0.25) is 4.79 Å². The zero-order valence-corrected chi connectivity index (χ0v) is 9.75. The molecule has 0 fully saturated rings. The van der Waals surface area contributed by atoms with Crippen LogP contribution in [0.3, 0.4) is 0 Å². The van der Waals surface area contributed by atoms with Gasteiger partial charge >= 0.3 is 5.91 Å². The first-order valence-corrected chi connectivity index (χ1v) is 5.34. The number of benzene rings is 1. The summed E-state index contributed by atoms with van der Waals surface area (Å²) in [6.45, 7) is 1.76. The third-order valence-electron chi connectivity index (χ3n) is 2.36. The topological polar surface area (TPSA) is 74.8 Å². The highest BCUT2D eigenvalue weighted by atomic mass is 16.3. The molecule has 0 saturated carbocycles. The number of aromatic hydroxyl groups is 1. The molecule has 1 amide bonds. The third-order valence-corrected chi connectivity index (χ3v) is 2.36. The van der Waals surface area contributed by atoms with Crippen LogP contribution in [0.15, 0.2) is 52.2 Å². The summed E-state index contributed by atoms with van der Waals surface area (Å²) < 4.78 is 4.93. The molecule has 0 atom stereocenters. The standard InChI is InChI=1S/C13H12N2O3/c1-9(10-4-6-11(16)7-5-10)14-15-13(17)12-3-2-8-18-12/h2-8,16H,1H3,(H,15,17)/b14-9-. The van der Waals surface area contributed by atoms with Gasteiger partial charge in [0.05, 0.1) is 12.0 Å². The van der Waals surface area contributed by atoms with E-state index in [0.717, 1.165) is 5.56 Å². The summed E-state index contributed by atoms with van der Waals surface area (Å²) in [6.07, 6.45) is 1.42. The lowest BCUT2D eigenvalue weighted by Gasteiger charge is -2.01.